The lowest BCUT2D eigenvalue weighted by Gasteiger charge is -2.36. The molecular weight excluding hydrogens is 280 g/mol. The Hall–Kier alpha value is -2.04. The van der Waals surface area contributed by atoms with E-state index < -0.39 is 0 Å². The van der Waals surface area contributed by atoms with Crippen molar-refractivity contribution in [2.24, 2.45) is 5.92 Å². The van der Waals surface area contributed by atoms with E-state index in [1.807, 2.05) is 29.2 Å². The number of carbonyl (C=O) groups excluding carboxylic acids is 2. The summed E-state index contributed by atoms with van der Waals surface area (Å²) in [5, 5.41) is 0. The zero-order valence-electron chi connectivity index (χ0n) is 12.5. The molecule has 0 radical (unpaired) electrons. The van der Waals surface area contributed by atoms with Crippen LogP contribution in [0.2, 0.25) is 0 Å². The monoisotopic (exact) mass is 300 g/mol. The average Bonchev–Trinajstić information content (AvgIpc) is 2.79. The maximum Gasteiger partial charge on any atom is 0.414 e. The van der Waals surface area contributed by atoms with Crippen LogP contribution in [-0.2, 0) is 16.1 Å². The molecule has 1 saturated carbocycles. The average molecular weight is 300 g/mol. The molecular formula is C17H20N2O3. The zero-order chi connectivity index (χ0) is 15.1. The number of nitrogens with zero attached hydrogens (tertiary/aromatic N) is 2. The highest BCUT2D eigenvalue weighted by atomic mass is 16.6. The topological polar surface area (TPSA) is 49.9 Å². The fraction of sp³-hybridized carbons (Fsp3) is 0.529. The van der Waals surface area contributed by atoms with Gasteiger partial charge in [0.15, 0.2) is 0 Å². The normalized spacial score (nSPS) is 24.7. The summed E-state index contributed by atoms with van der Waals surface area (Å²) in [6, 6.07) is 7.88. The van der Waals surface area contributed by atoms with E-state index in [1.54, 1.807) is 4.90 Å². The molecule has 5 nitrogen and oxygen atoms in total. The van der Waals surface area contributed by atoms with Crippen molar-refractivity contribution in [3.63, 3.8) is 0 Å². The molecule has 1 atom stereocenters. The van der Waals surface area contributed by atoms with Crippen LogP contribution in [-0.4, -0.2) is 36.1 Å². The predicted molar refractivity (Wildman–Crippen MR) is 81.4 cm³/mol. The van der Waals surface area contributed by atoms with Crippen LogP contribution in [0.4, 0.5) is 10.5 Å². The second-order valence-corrected chi connectivity index (χ2v) is 6.41. The minimum atomic E-state index is -0.267. The van der Waals surface area contributed by atoms with E-state index in [-0.39, 0.29) is 24.0 Å². The Bertz CT molecular complexity index is 612. The van der Waals surface area contributed by atoms with Gasteiger partial charge in [0.05, 0.1) is 11.7 Å². The van der Waals surface area contributed by atoms with Gasteiger partial charge in [0, 0.05) is 19.0 Å². The Labute approximate surface area is 129 Å². The second-order valence-electron chi connectivity index (χ2n) is 6.41. The van der Waals surface area contributed by atoms with Gasteiger partial charge in [-0.2, -0.15) is 0 Å². The molecule has 3 aliphatic rings. The van der Waals surface area contributed by atoms with Crippen LogP contribution in [0.3, 0.4) is 0 Å². The lowest BCUT2D eigenvalue weighted by molar-refractivity contribution is -0.139. The van der Waals surface area contributed by atoms with Gasteiger partial charge < -0.3 is 9.64 Å². The second kappa shape index (κ2) is 5.30. The van der Waals surface area contributed by atoms with Crippen molar-refractivity contribution in [2.45, 2.75) is 38.3 Å². The third kappa shape index (κ3) is 2.16. The summed E-state index contributed by atoms with van der Waals surface area (Å²) in [6.45, 7) is 1.70. The van der Waals surface area contributed by atoms with Crippen molar-refractivity contribution in [3.05, 3.63) is 29.8 Å². The van der Waals surface area contributed by atoms with Gasteiger partial charge in [-0.15, -0.1) is 0 Å². The van der Waals surface area contributed by atoms with E-state index >= 15 is 0 Å². The SMILES string of the molecule is O=C(C1CCC1)N1CCC2COC(=O)N2c2ccccc2C1. The Kier molecular flexibility index (Phi) is 3.28. The molecule has 2 fully saturated rings. The summed E-state index contributed by atoms with van der Waals surface area (Å²) in [4.78, 5) is 28.4. The van der Waals surface area contributed by atoms with E-state index in [9.17, 15) is 9.59 Å². The third-order valence-corrected chi connectivity index (χ3v) is 5.07. The van der Waals surface area contributed by atoms with Gasteiger partial charge in [0.1, 0.15) is 6.61 Å². The highest BCUT2D eigenvalue weighted by Gasteiger charge is 2.38. The summed E-state index contributed by atoms with van der Waals surface area (Å²) in [5.41, 5.74) is 1.92. The summed E-state index contributed by atoms with van der Waals surface area (Å²) >= 11 is 0. The molecule has 2 heterocycles. The number of para-hydroxylation sites is 1. The van der Waals surface area contributed by atoms with Gasteiger partial charge in [0.25, 0.3) is 0 Å². The number of amides is 2. The first-order valence-corrected chi connectivity index (χ1v) is 8.07. The van der Waals surface area contributed by atoms with Gasteiger partial charge >= 0.3 is 6.09 Å². The molecule has 2 amide bonds. The van der Waals surface area contributed by atoms with Gasteiger partial charge in [0.2, 0.25) is 5.91 Å². The Morgan fingerprint density at radius 3 is 2.77 bits per heavy atom. The van der Waals surface area contributed by atoms with Crippen molar-refractivity contribution in [1.82, 2.24) is 4.90 Å². The largest absolute Gasteiger partial charge is 0.447 e. The minimum absolute atomic E-state index is 0.0330. The first-order chi connectivity index (χ1) is 10.7. The fourth-order valence-electron chi connectivity index (χ4n) is 3.54. The van der Waals surface area contributed by atoms with Crippen molar-refractivity contribution in [3.8, 4) is 0 Å². The number of rotatable bonds is 1. The summed E-state index contributed by atoms with van der Waals surface area (Å²) in [6.07, 6.45) is 3.72. The lowest BCUT2D eigenvalue weighted by atomic mass is 9.84. The Morgan fingerprint density at radius 2 is 2.00 bits per heavy atom. The molecule has 0 bridgehead atoms. The first-order valence-electron chi connectivity index (χ1n) is 8.07. The van der Waals surface area contributed by atoms with Crippen LogP contribution in [0.5, 0.6) is 0 Å². The number of benzene rings is 1. The highest BCUT2D eigenvalue weighted by Crippen LogP contribution is 2.34. The fourth-order valence-corrected chi connectivity index (χ4v) is 3.54. The van der Waals surface area contributed by atoms with Crippen LogP contribution in [0.1, 0.15) is 31.2 Å². The minimum Gasteiger partial charge on any atom is -0.447 e. The molecule has 22 heavy (non-hydrogen) atoms. The maximum atomic E-state index is 12.6. The number of hydrogen-bond donors (Lipinski definition) is 0. The number of ether oxygens (including phenoxy) is 1. The smallest absolute Gasteiger partial charge is 0.414 e. The van der Waals surface area contributed by atoms with Gasteiger partial charge in [-0.25, -0.2) is 4.79 Å². The molecule has 4 rings (SSSR count). The molecule has 1 aromatic carbocycles. The summed E-state index contributed by atoms with van der Waals surface area (Å²) in [7, 11) is 0. The molecule has 116 valence electrons. The molecule has 0 spiro atoms. The molecule has 5 heteroatoms. The van der Waals surface area contributed by atoms with Crippen LogP contribution in [0.15, 0.2) is 24.3 Å². The summed E-state index contributed by atoms with van der Waals surface area (Å²) < 4.78 is 5.23. The Balaban J connectivity index is 1.66. The Morgan fingerprint density at radius 1 is 1.18 bits per heavy atom. The lowest BCUT2D eigenvalue weighted by Crippen LogP contribution is -2.44. The molecule has 1 unspecified atom stereocenters. The van der Waals surface area contributed by atoms with Crippen LogP contribution >= 0.6 is 0 Å². The highest BCUT2D eigenvalue weighted by molar-refractivity contribution is 5.91. The molecule has 1 aromatic rings. The van der Waals surface area contributed by atoms with Crippen LogP contribution in [0.25, 0.3) is 0 Å². The first kappa shape index (κ1) is 13.6. The third-order valence-electron chi connectivity index (χ3n) is 5.07. The van der Waals surface area contributed by atoms with E-state index in [4.69, 9.17) is 4.74 Å². The molecule has 1 saturated heterocycles. The molecule has 2 aliphatic heterocycles. The van der Waals surface area contributed by atoms with Crippen molar-refractivity contribution in [2.75, 3.05) is 18.1 Å². The standard InChI is InChI=1S/C17H20N2O3/c20-16(12-5-3-6-12)18-9-8-14-11-22-17(21)19(14)15-7-2-1-4-13(15)10-18/h1-2,4,7,12,14H,3,5-6,8-11H2. The van der Waals surface area contributed by atoms with E-state index in [2.05, 4.69) is 0 Å². The number of fused-ring (bicyclic) bond motifs is 3. The molecule has 1 aliphatic carbocycles. The maximum absolute atomic E-state index is 12.6. The molecule has 0 N–H and O–H groups in total. The van der Waals surface area contributed by atoms with E-state index in [1.165, 1.54) is 6.42 Å². The number of anilines is 1. The zero-order valence-corrected chi connectivity index (χ0v) is 12.5. The quantitative estimate of drug-likeness (QED) is 0.801. The van der Waals surface area contributed by atoms with Gasteiger partial charge in [-0.05, 0) is 30.9 Å². The van der Waals surface area contributed by atoms with E-state index in [0.29, 0.717) is 19.7 Å². The summed E-state index contributed by atoms with van der Waals surface area (Å²) in [5.74, 6) is 0.490. The van der Waals surface area contributed by atoms with Crippen molar-refractivity contribution >= 4 is 17.7 Å². The van der Waals surface area contributed by atoms with Crippen molar-refractivity contribution in [1.29, 1.82) is 0 Å². The predicted octanol–water partition coefficient (Wildman–Crippen LogP) is 2.54. The van der Waals surface area contributed by atoms with Crippen LogP contribution in [0, 0.1) is 5.92 Å². The van der Waals surface area contributed by atoms with Gasteiger partial charge in [-0.1, -0.05) is 24.6 Å². The molecule has 0 aromatic heterocycles. The number of cyclic esters (lactones) is 1. The van der Waals surface area contributed by atoms with Crippen molar-refractivity contribution < 1.29 is 14.3 Å². The van der Waals surface area contributed by atoms with E-state index in [0.717, 1.165) is 30.5 Å². The number of hydrogen-bond acceptors (Lipinski definition) is 3. The van der Waals surface area contributed by atoms with Gasteiger partial charge in [-0.3, -0.25) is 9.69 Å². The van der Waals surface area contributed by atoms with Crippen LogP contribution < -0.4 is 4.90 Å². The number of carbonyl (C=O) groups is 2.